The van der Waals surface area contributed by atoms with Crippen molar-refractivity contribution in [3.63, 3.8) is 0 Å². The number of halogens is 3. The van der Waals surface area contributed by atoms with Crippen LogP contribution in [0.1, 0.15) is 30.4 Å². The maximum Gasteiger partial charge on any atom is 0.413 e. The monoisotopic (exact) mass is 330 g/mol. The predicted molar refractivity (Wildman–Crippen MR) is 64.1 cm³/mol. The fourth-order valence-electron chi connectivity index (χ4n) is 1.44. The number of sulfonamides is 1. The number of rotatable bonds is 6. The molecule has 1 rings (SSSR count). The van der Waals surface area contributed by atoms with E-state index in [1.54, 1.807) is 13.8 Å². The second-order valence-corrected chi connectivity index (χ2v) is 6.00. The van der Waals surface area contributed by atoms with Crippen molar-refractivity contribution in [2.24, 2.45) is 0 Å². The molecule has 1 heterocycles. The van der Waals surface area contributed by atoms with Gasteiger partial charge in [-0.2, -0.15) is 13.2 Å². The molecule has 1 aromatic rings. The van der Waals surface area contributed by atoms with Crippen molar-refractivity contribution >= 4 is 16.0 Å². The molecule has 0 saturated heterocycles. The molecule has 0 radical (unpaired) electrons. The van der Waals surface area contributed by atoms with E-state index < -0.39 is 33.7 Å². The Morgan fingerprint density at radius 1 is 1.48 bits per heavy atom. The Hall–Kier alpha value is -1.59. The van der Waals surface area contributed by atoms with Gasteiger partial charge in [-0.25, -0.2) is 13.2 Å². The number of aromatic carboxylic acids is 1. The smallest absolute Gasteiger partial charge is 0.413 e. The Kier molecular flexibility index (Phi) is 5.02. The zero-order valence-corrected chi connectivity index (χ0v) is 11.8. The highest BCUT2D eigenvalue weighted by atomic mass is 32.2. The van der Waals surface area contributed by atoms with Crippen molar-refractivity contribution in [2.75, 3.05) is 6.61 Å². The van der Waals surface area contributed by atoms with Crippen molar-refractivity contribution in [3.8, 4) is 0 Å². The summed E-state index contributed by atoms with van der Waals surface area (Å²) in [5.41, 5.74) is -0.304. The van der Waals surface area contributed by atoms with Crippen LogP contribution in [0.25, 0.3) is 0 Å². The SMILES string of the molecule is CC(C)n1cc(S(=O)(=O)NOCC(F)(F)F)cc1C(=O)O. The standard InChI is InChI=1S/C10H13F3N2O5S/c1-6(2)15-4-7(3-8(15)9(16)17)21(18,19)14-20-5-10(11,12)13/h3-4,6,14H,5H2,1-2H3,(H,16,17). The lowest BCUT2D eigenvalue weighted by Crippen LogP contribution is -2.29. The predicted octanol–water partition coefficient (Wildman–Crippen LogP) is 1.54. The summed E-state index contributed by atoms with van der Waals surface area (Å²) in [6.45, 7) is 1.44. The average Bonchev–Trinajstić information content (AvgIpc) is 2.71. The van der Waals surface area contributed by atoms with Gasteiger partial charge in [-0.1, -0.05) is 4.89 Å². The number of carboxylic acid groups (broad SMARTS) is 1. The third-order valence-corrected chi connectivity index (χ3v) is 3.49. The van der Waals surface area contributed by atoms with E-state index in [0.29, 0.717) is 0 Å². The molecular weight excluding hydrogens is 317 g/mol. The maximum atomic E-state index is 11.9. The van der Waals surface area contributed by atoms with Gasteiger partial charge >= 0.3 is 12.1 Å². The van der Waals surface area contributed by atoms with Crippen LogP contribution in [0, 0.1) is 0 Å². The average molecular weight is 330 g/mol. The molecule has 21 heavy (non-hydrogen) atoms. The van der Waals surface area contributed by atoms with Crippen LogP contribution in [-0.2, 0) is 14.9 Å². The van der Waals surface area contributed by atoms with Gasteiger partial charge < -0.3 is 9.67 Å². The summed E-state index contributed by atoms with van der Waals surface area (Å²) in [5.74, 6) is -1.36. The molecule has 0 saturated carbocycles. The zero-order valence-electron chi connectivity index (χ0n) is 11.0. The number of aromatic nitrogens is 1. The van der Waals surface area contributed by atoms with Crippen LogP contribution in [-0.4, -0.2) is 36.8 Å². The van der Waals surface area contributed by atoms with Gasteiger partial charge in [0.1, 0.15) is 10.6 Å². The van der Waals surface area contributed by atoms with Crippen LogP contribution in [0.5, 0.6) is 0 Å². The van der Waals surface area contributed by atoms with Crippen molar-refractivity contribution < 1.29 is 36.3 Å². The normalized spacial score (nSPS) is 12.9. The number of hydrogen-bond acceptors (Lipinski definition) is 4. The molecule has 0 aromatic carbocycles. The van der Waals surface area contributed by atoms with Crippen LogP contribution >= 0.6 is 0 Å². The lowest BCUT2D eigenvalue weighted by Gasteiger charge is -2.09. The fourth-order valence-corrected chi connectivity index (χ4v) is 2.27. The minimum atomic E-state index is -4.70. The van der Waals surface area contributed by atoms with Crippen LogP contribution in [0.4, 0.5) is 13.2 Å². The molecule has 0 bridgehead atoms. The Balaban J connectivity index is 2.99. The van der Waals surface area contributed by atoms with Crippen LogP contribution in [0.15, 0.2) is 17.2 Å². The molecule has 0 amide bonds. The van der Waals surface area contributed by atoms with E-state index in [9.17, 15) is 26.4 Å². The largest absolute Gasteiger partial charge is 0.477 e. The first-order valence-corrected chi connectivity index (χ1v) is 7.08. The van der Waals surface area contributed by atoms with E-state index >= 15 is 0 Å². The number of hydrogen-bond donors (Lipinski definition) is 2. The van der Waals surface area contributed by atoms with Crippen LogP contribution in [0.3, 0.4) is 0 Å². The van der Waals surface area contributed by atoms with Crippen LogP contribution < -0.4 is 4.89 Å². The molecule has 0 aliphatic rings. The third kappa shape index (κ3) is 4.72. The number of carbonyl (C=O) groups is 1. The summed E-state index contributed by atoms with van der Waals surface area (Å²) in [6.07, 6.45) is -3.69. The number of nitrogens with zero attached hydrogens (tertiary/aromatic N) is 1. The highest BCUT2D eigenvalue weighted by Gasteiger charge is 2.30. The number of carboxylic acids is 1. The first kappa shape index (κ1) is 17.5. The number of nitrogens with one attached hydrogen (secondary N) is 1. The molecule has 7 nitrogen and oxygen atoms in total. The van der Waals surface area contributed by atoms with E-state index in [4.69, 9.17) is 5.11 Å². The summed E-state index contributed by atoms with van der Waals surface area (Å²) < 4.78 is 60.2. The molecule has 0 spiro atoms. The Morgan fingerprint density at radius 2 is 2.05 bits per heavy atom. The third-order valence-electron chi connectivity index (χ3n) is 2.31. The maximum absolute atomic E-state index is 11.9. The minimum absolute atomic E-state index is 0.304. The first-order chi connectivity index (χ1) is 9.44. The summed E-state index contributed by atoms with van der Waals surface area (Å²) >= 11 is 0. The second-order valence-electron chi connectivity index (χ2n) is 4.36. The van der Waals surface area contributed by atoms with Crippen molar-refractivity contribution in [2.45, 2.75) is 31.0 Å². The van der Waals surface area contributed by atoms with E-state index in [1.807, 2.05) is 0 Å². The van der Waals surface area contributed by atoms with E-state index in [2.05, 4.69) is 4.84 Å². The highest BCUT2D eigenvalue weighted by molar-refractivity contribution is 7.89. The molecule has 120 valence electrons. The molecule has 1 aromatic heterocycles. The van der Waals surface area contributed by atoms with Crippen LogP contribution in [0.2, 0.25) is 0 Å². The molecular formula is C10H13F3N2O5S. The van der Waals surface area contributed by atoms with Crippen molar-refractivity contribution in [3.05, 3.63) is 18.0 Å². The van der Waals surface area contributed by atoms with Gasteiger partial charge in [0.15, 0.2) is 6.61 Å². The second kappa shape index (κ2) is 6.03. The van der Waals surface area contributed by atoms with Gasteiger partial charge in [-0.05, 0) is 19.9 Å². The van der Waals surface area contributed by atoms with Crippen molar-refractivity contribution in [1.82, 2.24) is 9.45 Å². The molecule has 0 atom stereocenters. The lowest BCUT2D eigenvalue weighted by atomic mass is 10.3. The summed E-state index contributed by atoms with van der Waals surface area (Å²) in [7, 11) is -4.41. The quantitative estimate of drug-likeness (QED) is 0.771. The topological polar surface area (TPSA) is 97.6 Å². The fraction of sp³-hybridized carbons (Fsp3) is 0.500. The van der Waals surface area contributed by atoms with Gasteiger partial charge in [0.05, 0.1) is 0 Å². The molecule has 0 unspecified atom stereocenters. The van der Waals surface area contributed by atoms with E-state index in [-0.39, 0.29) is 11.7 Å². The molecule has 11 heteroatoms. The Labute approximate surface area is 118 Å². The van der Waals surface area contributed by atoms with Gasteiger partial charge in [0.2, 0.25) is 0 Å². The minimum Gasteiger partial charge on any atom is -0.477 e. The van der Waals surface area contributed by atoms with Gasteiger partial charge in [0, 0.05) is 12.2 Å². The van der Waals surface area contributed by atoms with Crippen molar-refractivity contribution in [1.29, 1.82) is 0 Å². The highest BCUT2D eigenvalue weighted by Crippen LogP contribution is 2.19. The molecule has 0 aliphatic heterocycles. The van der Waals surface area contributed by atoms with Gasteiger partial charge in [0.25, 0.3) is 10.0 Å². The zero-order chi connectivity index (χ0) is 16.4. The van der Waals surface area contributed by atoms with E-state index in [1.165, 1.54) is 9.45 Å². The molecule has 2 N–H and O–H groups in total. The lowest BCUT2D eigenvalue weighted by molar-refractivity contribution is -0.181. The Bertz CT molecular complexity index is 621. The first-order valence-electron chi connectivity index (χ1n) is 5.59. The van der Waals surface area contributed by atoms with Gasteiger partial charge in [-0.15, -0.1) is 0 Å². The Morgan fingerprint density at radius 3 is 2.43 bits per heavy atom. The number of alkyl halides is 3. The van der Waals surface area contributed by atoms with E-state index in [0.717, 1.165) is 12.3 Å². The summed E-state index contributed by atoms with van der Waals surface area (Å²) in [5, 5.41) is 8.96. The summed E-state index contributed by atoms with van der Waals surface area (Å²) in [6, 6.07) is 0.484. The molecule has 0 aliphatic carbocycles. The summed E-state index contributed by atoms with van der Waals surface area (Å²) in [4.78, 5) is 15.7. The van der Waals surface area contributed by atoms with Gasteiger partial charge in [-0.3, -0.25) is 4.84 Å². The molecule has 0 fully saturated rings.